The molecule has 0 bridgehead atoms. The van der Waals surface area contributed by atoms with E-state index in [0.29, 0.717) is 12.3 Å². The molecule has 0 aliphatic heterocycles. The zero-order chi connectivity index (χ0) is 16.7. The van der Waals surface area contributed by atoms with Crippen molar-refractivity contribution in [3.05, 3.63) is 63.2 Å². The number of carbonyl (C=O) groups excluding carboxylic acids is 1. The van der Waals surface area contributed by atoms with E-state index in [4.69, 9.17) is 4.74 Å². The first-order valence-corrected chi connectivity index (χ1v) is 8.12. The minimum absolute atomic E-state index is 0.0491. The number of nitrogens with one attached hydrogen (secondary N) is 1. The summed E-state index contributed by atoms with van der Waals surface area (Å²) < 4.78 is 6.37. The summed E-state index contributed by atoms with van der Waals surface area (Å²) in [4.78, 5) is 12.2. The van der Waals surface area contributed by atoms with Crippen LogP contribution in [0.1, 0.15) is 12.5 Å². The fourth-order valence-electron chi connectivity index (χ4n) is 1.91. The monoisotopic (exact) mass is 418 g/mol. The number of hydrogen-bond donors (Lipinski definition) is 1. The molecule has 116 valence electrons. The second kappa shape index (κ2) is 8.34. The van der Waals surface area contributed by atoms with Crippen LogP contribution in [0.3, 0.4) is 0 Å². The summed E-state index contributed by atoms with van der Waals surface area (Å²) in [5, 5.41) is 12.0. The predicted molar refractivity (Wildman–Crippen MR) is 99.0 cm³/mol. The fraction of sp³-hybridized carbons (Fsp3) is 0.111. The summed E-state index contributed by atoms with van der Waals surface area (Å²) in [6.45, 7) is 2.51. The van der Waals surface area contributed by atoms with Crippen LogP contribution in [0.25, 0.3) is 6.08 Å². The molecule has 1 N–H and O–H groups in total. The summed E-state index contributed by atoms with van der Waals surface area (Å²) in [7, 11) is 0. The molecule has 0 aliphatic carbocycles. The lowest BCUT2D eigenvalue weighted by Gasteiger charge is -2.05. The van der Waals surface area contributed by atoms with Gasteiger partial charge in [0.2, 0.25) is 0 Å². The topological polar surface area (TPSA) is 62.1 Å². The smallest absolute Gasteiger partial charge is 0.266 e. The van der Waals surface area contributed by atoms with Crippen LogP contribution in [-0.4, -0.2) is 12.5 Å². The highest BCUT2D eigenvalue weighted by molar-refractivity contribution is 14.1. The number of nitrogens with zero attached hydrogens (tertiary/aromatic N) is 1. The fourth-order valence-corrected chi connectivity index (χ4v) is 2.45. The molecule has 2 rings (SSSR count). The van der Waals surface area contributed by atoms with Crippen LogP contribution in [0.15, 0.2) is 54.1 Å². The Morgan fingerprint density at radius 1 is 1.30 bits per heavy atom. The van der Waals surface area contributed by atoms with Gasteiger partial charge >= 0.3 is 0 Å². The van der Waals surface area contributed by atoms with E-state index in [9.17, 15) is 10.1 Å². The first-order chi connectivity index (χ1) is 11.1. The Kier molecular flexibility index (Phi) is 6.18. The van der Waals surface area contributed by atoms with Gasteiger partial charge < -0.3 is 10.1 Å². The molecule has 0 saturated carbocycles. The Morgan fingerprint density at radius 3 is 2.65 bits per heavy atom. The minimum atomic E-state index is -0.427. The average molecular weight is 418 g/mol. The predicted octanol–water partition coefficient (Wildman–Crippen LogP) is 4.24. The quantitative estimate of drug-likeness (QED) is 0.449. The van der Waals surface area contributed by atoms with Crippen molar-refractivity contribution in [2.75, 3.05) is 11.9 Å². The van der Waals surface area contributed by atoms with E-state index in [1.165, 1.54) is 0 Å². The zero-order valence-corrected chi connectivity index (χ0v) is 14.7. The third kappa shape index (κ3) is 5.11. The Morgan fingerprint density at radius 2 is 2.04 bits per heavy atom. The van der Waals surface area contributed by atoms with Crippen LogP contribution < -0.4 is 10.1 Å². The van der Waals surface area contributed by atoms with Crippen LogP contribution in [-0.2, 0) is 4.79 Å². The van der Waals surface area contributed by atoms with Crippen molar-refractivity contribution in [1.29, 1.82) is 5.26 Å². The number of hydrogen-bond acceptors (Lipinski definition) is 3. The largest absolute Gasteiger partial charge is 0.494 e. The lowest BCUT2D eigenvalue weighted by molar-refractivity contribution is -0.112. The number of amides is 1. The summed E-state index contributed by atoms with van der Waals surface area (Å²) in [6.07, 6.45) is 1.55. The van der Waals surface area contributed by atoms with E-state index in [1.807, 2.05) is 43.3 Å². The molecule has 1 amide bonds. The maximum absolute atomic E-state index is 12.2. The van der Waals surface area contributed by atoms with Gasteiger partial charge in [0.05, 0.1) is 6.61 Å². The number of halogens is 1. The molecule has 0 unspecified atom stereocenters. The van der Waals surface area contributed by atoms with Gasteiger partial charge in [-0.05, 0) is 71.5 Å². The summed E-state index contributed by atoms with van der Waals surface area (Å²) >= 11 is 2.16. The van der Waals surface area contributed by atoms with Crippen molar-refractivity contribution in [1.82, 2.24) is 0 Å². The molecule has 2 aromatic rings. The van der Waals surface area contributed by atoms with Gasteiger partial charge in [0.1, 0.15) is 17.4 Å². The van der Waals surface area contributed by atoms with Gasteiger partial charge in [0.15, 0.2) is 0 Å². The highest BCUT2D eigenvalue weighted by Gasteiger charge is 2.09. The SMILES string of the molecule is CCOc1ccc(/C=C(\C#N)C(=O)Nc2cccc(I)c2)cc1. The zero-order valence-electron chi connectivity index (χ0n) is 12.5. The summed E-state index contributed by atoms with van der Waals surface area (Å²) in [6, 6.07) is 16.6. The van der Waals surface area contributed by atoms with E-state index in [-0.39, 0.29) is 5.57 Å². The van der Waals surface area contributed by atoms with Crippen LogP contribution in [0.2, 0.25) is 0 Å². The molecule has 0 aliphatic rings. The molecule has 23 heavy (non-hydrogen) atoms. The Balaban J connectivity index is 2.14. The molecule has 0 heterocycles. The van der Waals surface area contributed by atoms with Crippen LogP contribution >= 0.6 is 22.6 Å². The maximum Gasteiger partial charge on any atom is 0.266 e. The van der Waals surface area contributed by atoms with E-state index in [2.05, 4.69) is 27.9 Å². The van der Waals surface area contributed by atoms with Gasteiger partial charge in [-0.15, -0.1) is 0 Å². The first kappa shape index (κ1) is 17.0. The van der Waals surface area contributed by atoms with Crippen LogP contribution in [0.5, 0.6) is 5.75 Å². The highest BCUT2D eigenvalue weighted by Crippen LogP contribution is 2.16. The van der Waals surface area contributed by atoms with Crippen LogP contribution in [0.4, 0.5) is 5.69 Å². The third-order valence-corrected chi connectivity index (χ3v) is 3.62. The lowest BCUT2D eigenvalue weighted by atomic mass is 10.1. The van der Waals surface area contributed by atoms with Crippen molar-refractivity contribution >= 4 is 40.3 Å². The Labute approximate surface area is 148 Å². The van der Waals surface area contributed by atoms with Gasteiger partial charge in [0, 0.05) is 9.26 Å². The van der Waals surface area contributed by atoms with Gasteiger partial charge in [-0.2, -0.15) is 5.26 Å². The first-order valence-electron chi connectivity index (χ1n) is 7.04. The molecule has 0 saturated heterocycles. The van der Waals surface area contributed by atoms with E-state index in [0.717, 1.165) is 14.9 Å². The highest BCUT2D eigenvalue weighted by atomic mass is 127. The molecular formula is C18H15IN2O2. The molecule has 0 atom stereocenters. The Hall–Kier alpha value is -2.33. The van der Waals surface area contributed by atoms with Crippen LogP contribution in [0, 0.1) is 14.9 Å². The van der Waals surface area contributed by atoms with Gasteiger partial charge in [-0.25, -0.2) is 0 Å². The van der Waals surface area contributed by atoms with Crippen molar-refractivity contribution in [3.63, 3.8) is 0 Å². The number of nitriles is 1. The second-order valence-corrected chi connectivity index (χ2v) is 5.88. The maximum atomic E-state index is 12.2. The Bertz CT molecular complexity index is 761. The molecule has 4 nitrogen and oxygen atoms in total. The minimum Gasteiger partial charge on any atom is -0.494 e. The van der Waals surface area contributed by atoms with E-state index >= 15 is 0 Å². The van der Waals surface area contributed by atoms with E-state index < -0.39 is 5.91 Å². The van der Waals surface area contributed by atoms with Crippen molar-refractivity contribution < 1.29 is 9.53 Å². The molecule has 0 radical (unpaired) electrons. The number of rotatable bonds is 5. The van der Waals surface area contributed by atoms with Gasteiger partial charge in [-0.3, -0.25) is 4.79 Å². The molecule has 0 aromatic heterocycles. The molecule has 2 aromatic carbocycles. The summed E-state index contributed by atoms with van der Waals surface area (Å²) in [5.41, 5.74) is 1.48. The number of anilines is 1. The lowest BCUT2D eigenvalue weighted by Crippen LogP contribution is -2.13. The second-order valence-electron chi connectivity index (χ2n) is 4.64. The van der Waals surface area contributed by atoms with Gasteiger partial charge in [0.25, 0.3) is 5.91 Å². The third-order valence-electron chi connectivity index (χ3n) is 2.95. The molecular weight excluding hydrogens is 403 g/mol. The van der Waals surface area contributed by atoms with Crippen molar-refractivity contribution in [3.8, 4) is 11.8 Å². The van der Waals surface area contributed by atoms with Gasteiger partial charge in [-0.1, -0.05) is 18.2 Å². The van der Waals surface area contributed by atoms with E-state index in [1.54, 1.807) is 24.3 Å². The molecule has 5 heteroatoms. The molecule has 0 fully saturated rings. The van der Waals surface area contributed by atoms with Crippen molar-refractivity contribution in [2.24, 2.45) is 0 Å². The molecule has 0 spiro atoms. The van der Waals surface area contributed by atoms with Crippen molar-refractivity contribution in [2.45, 2.75) is 6.92 Å². The number of benzene rings is 2. The normalized spacial score (nSPS) is 10.7. The average Bonchev–Trinajstić information content (AvgIpc) is 2.54. The number of carbonyl (C=O) groups is 1. The number of ether oxygens (including phenoxy) is 1. The summed E-state index contributed by atoms with van der Waals surface area (Å²) in [5.74, 6) is 0.329. The standard InChI is InChI=1S/C18H15IN2O2/c1-2-23-17-8-6-13(7-9-17)10-14(12-20)18(22)21-16-5-3-4-15(19)11-16/h3-11H,2H2,1H3,(H,21,22)/b14-10+.